The summed E-state index contributed by atoms with van der Waals surface area (Å²) in [7, 11) is 1.86. The van der Waals surface area contributed by atoms with E-state index in [1.165, 1.54) is 23.1 Å². The molecule has 1 atom stereocenters. The molecule has 1 unspecified atom stereocenters. The SMILES string of the molecule is CNC(c1nc2c(s1)CCC2)c1cc(C)ccc1F. The topological polar surface area (TPSA) is 24.9 Å². The molecular formula is C15H17FN2S. The number of benzene rings is 1. The molecule has 0 bridgehead atoms. The molecule has 19 heavy (non-hydrogen) atoms. The number of thiazole rings is 1. The van der Waals surface area contributed by atoms with Crippen molar-refractivity contribution >= 4 is 11.3 Å². The van der Waals surface area contributed by atoms with E-state index in [0.29, 0.717) is 5.56 Å². The average Bonchev–Trinajstić information content (AvgIpc) is 2.95. The van der Waals surface area contributed by atoms with Crippen LogP contribution in [0.2, 0.25) is 0 Å². The van der Waals surface area contributed by atoms with Gasteiger partial charge >= 0.3 is 0 Å². The summed E-state index contributed by atoms with van der Waals surface area (Å²) in [6.07, 6.45) is 3.40. The van der Waals surface area contributed by atoms with Crippen molar-refractivity contribution in [1.82, 2.24) is 10.3 Å². The minimum atomic E-state index is -0.166. The molecule has 1 aromatic carbocycles. The first-order valence-electron chi connectivity index (χ1n) is 6.61. The Bertz CT molecular complexity index is 585. The lowest BCUT2D eigenvalue weighted by Crippen LogP contribution is -2.19. The lowest BCUT2D eigenvalue weighted by atomic mass is 10.0. The van der Waals surface area contributed by atoms with Crippen molar-refractivity contribution < 1.29 is 4.39 Å². The monoisotopic (exact) mass is 276 g/mol. The van der Waals surface area contributed by atoms with E-state index in [0.717, 1.165) is 23.4 Å². The zero-order valence-electron chi connectivity index (χ0n) is 11.2. The Hall–Kier alpha value is -1.26. The highest BCUT2D eigenvalue weighted by atomic mass is 32.1. The first-order chi connectivity index (χ1) is 9.19. The van der Waals surface area contributed by atoms with Crippen molar-refractivity contribution in [1.29, 1.82) is 0 Å². The maximum absolute atomic E-state index is 14.0. The molecule has 1 aliphatic rings. The summed E-state index contributed by atoms with van der Waals surface area (Å²) in [6, 6.07) is 5.10. The van der Waals surface area contributed by atoms with Gasteiger partial charge in [-0.05, 0) is 39.3 Å². The van der Waals surface area contributed by atoms with Gasteiger partial charge in [0, 0.05) is 10.4 Å². The normalized spacial score (nSPS) is 15.5. The lowest BCUT2D eigenvalue weighted by molar-refractivity contribution is 0.574. The van der Waals surface area contributed by atoms with Crippen LogP contribution in [0, 0.1) is 12.7 Å². The first-order valence-corrected chi connectivity index (χ1v) is 7.42. The van der Waals surface area contributed by atoms with Crippen LogP contribution in [0.3, 0.4) is 0 Å². The van der Waals surface area contributed by atoms with Crippen molar-refractivity contribution in [3.05, 3.63) is 50.7 Å². The number of aromatic nitrogens is 1. The Balaban J connectivity index is 2.01. The van der Waals surface area contributed by atoms with Crippen LogP contribution in [0.5, 0.6) is 0 Å². The van der Waals surface area contributed by atoms with Gasteiger partial charge in [0.25, 0.3) is 0 Å². The maximum atomic E-state index is 14.0. The Morgan fingerprint density at radius 3 is 2.95 bits per heavy atom. The van der Waals surface area contributed by atoms with Crippen LogP contribution in [0.1, 0.15) is 39.2 Å². The largest absolute Gasteiger partial charge is 0.307 e. The molecule has 1 aliphatic carbocycles. The number of hydrogen-bond donors (Lipinski definition) is 1. The van der Waals surface area contributed by atoms with Crippen molar-refractivity contribution in [2.45, 2.75) is 32.2 Å². The third kappa shape index (κ3) is 2.30. The summed E-state index contributed by atoms with van der Waals surface area (Å²) in [5.41, 5.74) is 2.98. The third-order valence-corrected chi connectivity index (χ3v) is 4.83. The highest BCUT2D eigenvalue weighted by Gasteiger charge is 2.24. The molecule has 4 heteroatoms. The van der Waals surface area contributed by atoms with Gasteiger partial charge < -0.3 is 5.32 Å². The van der Waals surface area contributed by atoms with Crippen molar-refractivity contribution in [2.24, 2.45) is 0 Å². The van der Waals surface area contributed by atoms with Gasteiger partial charge in [-0.25, -0.2) is 9.37 Å². The van der Waals surface area contributed by atoms with Gasteiger partial charge in [0.1, 0.15) is 10.8 Å². The zero-order chi connectivity index (χ0) is 13.4. The van der Waals surface area contributed by atoms with Gasteiger partial charge in [0.15, 0.2) is 0 Å². The molecule has 2 aromatic rings. The standard InChI is InChI=1S/C15H17FN2S/c1-9-6-7-11(16)10(8-9)14(17-2)15-18-12-4-3-5-13(12)19-15/h6-8,14,17H,3-5H2,1-2H3. The van der Waals surface area contributed by atoms with E-state index >= 15 is 0 Å². The second-order valence-corrected chi connectivity index (χ2v) is 6.14. The van der Waals surface area contributed by atoms with E-state index in [4.69, 9.17) is 4.98 Å². The molecule has 1 heterocycles. The van der Waals surface area contributed by atoms with E-state index in [-0.39, 0.29) is 11.9 Å². The summed E-state index contributed by atoms with van der Waals surface area (Å²) in [6.45, 7) is 1.98. The molecule has 3 rings (SSSR count). The molecule has 0 spiro atoms. The first kappa shape index (κ1) is 12.8. The van der Waals surface area contributed by atoms with Crippen LogP contribution >= 0.6 is 11.3 Å². The third-order valence-electron chi connectivity index (χ3n) is 3.61. The number of halogens is 1. The predicted molar refractivity (Wildman–Crippen MR) is 76.2 cm³/mol. The molecule has 1 aromatic heterocycles. The smallest absolute Gasteiger partial charge is 0.128 e. The van der Waals surface area contributed by atoms with Crippen LogP contribution in [0.4, 0.5) is 4.39 Å². The Morgan fingerprint density at radius 2 is 2.21 bits per heavy atom. The second kappa shape index (κ2) is 5.02. The Morgan fingerprint density at radius 1 is 1.37 bits per heavy atom. The molecule has 0 saturated heterocycles. The van der Waals surface area contributed by atoms with Gasteiger partial charge in [-0.15, -0.1) is 11.3 Å². The maximum Gasteiger partial charge on any atom is 0.128 e. The molecular weight excluding hydrogens is 259 g/mol. The summed E-state index contributed by atoms with van der Waals surface area (Å²) in [4.78, 5) is 6.08. The number of rotatable bonds is 3. The van der Waals surface area contributed by atoms with E-state index in [1.54, 1.807) is 17.4 Å². The van der Waals surface area contributed by atoms with E-state index in [1.807, 2.05) is 20.0 Å². The number of aryl methyl sites for hydroxylation is 3. The lowest BCUT2D eigenvalue weighted by Gasteiger charge is -2.15. The van der Waals surface area contributed by atoms with Crippen LogP contribution in [0.15, 0.2) is 18.2 Å². The van der Waals surface area contributed by atoms with Gasteiger partial charge in [0.05, 0.1) is 11.7 Å². The fraction of sp³-hybridized carbons (Fsp3) is 0.400. The molecule has 1 N–H and O–H groups in total. The van der Waals surface area contributed by atoms with Gasteiger partial charge in [-0.2, -0.15) is 0 Å². The molecule has 0 amide bonds. The van der Waals surface area contributed by atoms with Crippen LogP contribution in [-0.4, -0.2) is 12.0 Å². The number of hydrogen-bond acceptors (Lipinski definition) is 3. The second-order valence-electron chi connectivity index (χ2n) is 5.02. The van der Waals surface area contributed by atoms with E-state index < -0.39 is 0 Å². The molecule has 100 valence electrons. The predicted octanol–water partition coefficient (Wildman–Crippen LogP) is 3.39. The van der Waals surface area contributed by atoms with Gasteiger partial charge in [-0.1, -0.05) is 17.7 Å². The van der Waals surface area contributed by atoms with E-state index in [2.05, 4.69) is 5.32 Å². The summed E-state index contributed by atoms with van der Waals surface area (Å²) in [5, 5.41) is 4.18. The highest BCUT2D eigenvalue weighted by molar-refractivity contribution is 7.11. The summed E-state index contributed by atoms with van der Waals surface area (Å²) in [5.74, 6) is -0.166. The van der Waals surface area contributed by atoms with Crippen LogP contribution in [0.25, 0.3) is 0 Å². The number of nitrogens with one attached hydrogen (secondary N) is 1. The highest BCUT2D eigenvalue weighted by Crippen LogP contribution is 2.34. The van der Waals surface area contributed by atoms with E-state index in [9.17, 15) is 4.39 Å². The number of fused-ring (bicyclic) bond motifs is 1. The molecule has 2 nitrogen and oxygen atoms in total. The zero-order valence-corrected chi connectivity index (χ0v) is 12.0. The average molecular weight is 276 g/mol. The molecule has 0 aliphatic heterocycles. The summed E-state index contributed by atoms with van der Waals surface area (Å²) >= 11 is 1.72. The molecule has 0 fully saturated rings. The van der Waals surface area contributed by atoms with Crippen molar-refractivity contribution in [3.8, 4) is 0 Å². The molecule has 0 radical (unpaired) electrons. The minimum Gasteiger partial charge on any atom is -0.307 e. The Labute approximate surface area is 116 Å². The van der Waals surface area contributed by atoms with Crippen molar-refractivity contribution in [3.63, 3.8) is 0 Å². The Kier molecular flexibility index (Phi) is 3.37. The van der Waals surface area contributed by atoms with Crippen LogP contribution < -0.4 is 5.32 Å². The summed E-state index contributed by atoms with van der Waals surface area (Å²) < 4.78 is 14.0. The fourth-order valence-electron chi connectivity index (χ4n) is 2.63. The quantitative estimate of drug-likeness (QED) is 0.929. The minimum absolute atomic E-state index is 0.143. The van der Waals surface area contributed by atoms with Crippen LogP contribution in [-0.2, 0) is 12.8 Å². The van der Waals surface area contributed by atoms with Gasteiger partial charge in [-0.3, -0.25) is 0 Å². The fourth-order valence-corrected chi connectivity index (χ4v) is 3.91. The molecule has 0 saturated carbocycles. The van der Waals surface area contributed by atoms with Gasteiger partial charge in [0.2, 0.25) is 0 Å². The van der Waals surface area contributed by atoms with Crippen molar-refractivity contribution in [2.75, 3.05) is 7.05 Å². The number of nitrogens with zero attached hydrogens (tertiary/aromatic N) is 1.